The van der Waals surface area contributed by atoms with Crippen LogP contribution < -0.4 is 0 Å². The number of amides is 1. The molecule has 1 saturated heterocycles. The van der Waals surface area contributed by atoms with Gasteiger partial charge in [0.15, 0.2) is 5.76 Å². The van der Waals surface area contributed by atoms with E-state index in [1.807, 2.05) is 53.4 Å². The summed E-state index contributed by atoms with van der Waals surface area (Å²) in [7, 11) is 0. The van der Waals surface area contributed by atoms with Crippen molar-refractivity contribution < 1.29 is 9.21 Å². The van der Waals surface area contributed by atoms with Crippen LogP contribution in [0.5, 0.6) is 0 Å². The predicted octanol–water partition coefficient (Wildman–Crippen LogP) is 6.87. The Bertz CT molecular complexity index is 1230. The molecule has 1 amide bonds. The summed E-state index contributed by atoms with van der Waals surface area (Å²) in [6, 6.07) is 26.1. The summed E-state index contributed by atoms with van der Waals surface area (Å²) in [5, 5.41) is 0. The van der Waals surface area contributed by atoms with E-state index in [1.165, 1.54) is 5.56 Å². The number of carbonyl (C=O) groups excluding carboxylic acids is 1. The number of rotatable bonds is 5. The van der Waals surface area contributed by atoms with Gasteiger partial charge in [-0.3, -0.25) is 4.79 Å². The Kier molecular flexibility index (Phi) is 6.40. The third kappa shape index (κ3) is 4.93. The maximum atomic E-state index is 13.4. The van der Waals surface area contributed by atoms with Crippen molar-refractivity contribution >= 4 is 21.8 Å². The molecule has 0 radical (unpaired) electrons. The molecule has 0 bridgehead atoms. The lowest BCUT2D eigenvalue weighted by atomic mass is 9.90. The molecule has 3 aromatic carbocycles. The minimum Gasteiger partial charge on any atom is -0.436 e. The normalized spacial score (nSPS) is 14.4. The first-order valence-corrected chi connectivity index (χ1v) is 12.1. The first-order valence-electron chi connectivity index (χ1n) is 11.3. The quantitative estimate of drug-likeness (QED) is 0.300. The number of nitrogens with zero attached hydrogens (tertiary/aromatic N) is 2. The van der Waals surface area contributed by atoms with Crippen molar-refractivity contribution in [3.05, 3.63) is 101 Å². The molecule has 33 heavy (non-hydrogen) atoms. The second-order valence-electron chi connectivity index (χ2n) is 8.51. The van der Waals surface area contributed by atoms with Crippen LogP contribution in [0.2, 0.25) is 0 Å². The van der Waals surface area contributed by atoms with Gasteiger partial charge in [0.25, 0.3) is 5.91 Å². The lowest BCUT2D eigenvalue weighted by molar-refractivity contribution is 0.0691. The zero-order valence-electron chi connectivity index (χ0n) is 18.3. The summed E-state index contributed by atoms with van der Waals surface area (Å²) < 4.78 is 7.07. The van der Waals surface area contributed by atoms with Gasteiger partial charge in [-0.2, -0.15) is 0 Å². The van der Waals surface area contributed by atoms with Crippen LogP contribution in [0.25, 0.3) is 22.8 Å². The monoisotopic (exact) mass is 500 g/mol. The highest BCUT2D eigenvalue weighted by Gasteiger charge is 2.26. The number of oxazole rings is 1. The number of halogens is 1. The minimum atomic E-state index is 0.0483. The molecule has 0 atom stereocenters. The van der Waals surface area contributed by atoms with E-state index in [1.54, 1.807) is 6.20 Å². The first kappa shape index (κ1) is 21.7. The van der Waals surface area contributed by atoms with Gasteiger partial charge in [0.2, 0.25) is 5.89 Å². The van der Waals surface area contributed by atoms with Crippen molar-refractivity contribution in [2.75, 3.05) is 13.1 Å². The highest BCUT2D eigenvalue weighted by atomic mass is 79.9. The van der Waals surface area contributed by atoms with Crippen molar-refractivity contribution in [2.24, 2.45) is 5.92 Å². The summed E-state index contributed by atoms with van der Waals surface area (Å²) in [5.74, 6) is 1.82. The van der Waals surface area contributed by atoms with E-state index in [0.29, 0.717) is 23.1 Å². The Morgan fingerprint density at radius 3 is 2.39 bits per heavy atom. The molecule has 0 saturated carbocycles. The van der Waals surface area contributed by atoms with Gasteiger partial charge in [0.05, 0.1) is 11.8 Å². The summed E-state index contributed by atoms with van der Waals surface area (Å²) >= 11 is 3.45. The largest absolute Gasteiger partial charge is 0.436 e. The molecule has 2 heterocycles. The van der Waals surface area contributed by atoms with Gasteiger partial charge >= 0.3 is 0 Å². The highest BCUT2D eigenvalue weighted by Crippen LogP contribution is 2.30. The topological polar surface area (TPSA) is 46.3 Å². The van der Waals surface area contributed by atoms with Crippen LogP contribution in [0.15, 0.2) is 93.9 Å². The fraction of sp³-hybridized carbons (Fsp3) is 0.214. The number of benzene rings is 3. The molecule has 0 aliphatic carbocycles. The molecule has 0 N–H and O–H groups in total. The summed E-state index contributed by atoms with van der Waals surface area (Å²) in [4.78, 5) is 19.9. The molecule has 4 aromatic rings. The van der Waals surface area contributed by atoms with Crippen molar-refractivity contribution in [1.29, 1.82) is 0 Å². The number of aromatic nitrogens is 1. The Morgan fingerprint density at radius 2 is 1.64 bits per heavy atom. The molecule has 4 nitrogen and oxygen atoms in total. The maximum absolute atomic E-state index is 13.4. The molecular weight excluding hydrogens is 476 g/mol. The molecule has 0 spiro atoms. The fourth-order valence-electron chi connectivity index (χ4n) is 4.46. The van der Waals surface area contributed by atoms with Gasteiger partial charge in [-0.25, -0.2) is 4.98 Å². The van der Waals surface area contributed by atoms with Crippen LogP contribution in [0.3, 0.4) is 0 Å². The number of piperidine rings is 1. The average molecular weight is 501 g/mol. The lowest BCUT2D eigenvalue weighted by Crippen LogP contribution is -2.39. The highest BCUT2D eigenvalue weighted by molar-refractivity contribution is 9.10. The van der Waals surface area contributed by atoms with E-state index >= 15 is 0 Å². The van der Waals surface area contributed by atoms with Gasteiger partial charge in [0.1, 0.15) is 0 Å². The second kappa shape index (κ2) is 9.75. The van der Waals surface area contributed by atoms with Crippen LogP contribution in [-0.2, 0) is 6.42 Å². The fourth-order valence-corrected chi connectivity index (χ4v) is 4.72. The lowest BCUT2D eigenvalue weighted by Gasteiger charge is -2.32. The summed E-state index contributed by atoms with van der Waals surface area (Å²) in [6.07, 6.45) is 4.84. The van der Waals surface area contributed by atoms with Crippen LogP contribution in [0, 0.1) is 5.92 Å². The SMILES string of the molecule is O=C(c1ccccc1-c1ncc(-c2ccc(Br)cc2)o1)N1CCC(Cc2ccccc2)CC1. The second-order valence-corrected chi connectivity index (χ2v) is 9.42. The number of hydrogen-bond donors (Lipinski definition) is 0. The van der Waals surface area contributed by atoms with E-state index in [4.69, 9.17) is 4.42 Å². The third-order valence-corrected chi connectivity index (χ3v) is 6.82. The zero-order valence-corrected chi connectivity index (χ0v) is 19.9. The molecule has 1 fully saturated rings. The van der Waals surface area contributed by atoms with Crippen LogP contribution >= 0.6 is 15.9 Å². The molecule has 166 valence electrons. The Balaban J connectivity index is 1.30. The van der Waals surface area contributed by atoms with Crippen LogP contribution in [0.4, 0.5) is 0 Å². The standard InChI is InChI=1S/C28H25BrN2O2/c29-23-12-10-22(11-13-23)26-19-30-27(33-26)24-8-4-5-9-25(24)28(32)31-16-14-21(15-17-31)18-20-6-2-1-3-7-20/h1-13,19,21H,14-18H2. The summed E-state index contributed by atoms with van der Waals surface area (Å²) in [6.45, 7) is 1.56. The van der Waals surface area contributed by atoms with Crippen molar-refractivity contribution in [2.45, 2.75) is 19.3 Å². The zero-order chi connectivity index (χ0) is 22.6. The van der Waals surface area contributed by atoms with Gasteiger partial charge in [-0.1, -0.05) is 70.5 Å². The number of likely N-dealkylation sites (tertiary alicyclic amines) is 1. The van der Waals surface area contributed by atoms with Gasteiger partial charge in [0, 0.05) is 28.7 Å². The Morgan fingerprint density at radius 1 is 0.939 bits per heavy atom. The van der Waals surface area contributed by atoms with Crippen molar-refractivity contribution in [3.8, 4) is 22.8 Å². The molecule has 1 aromatic heterocycles. The molecule has 0 unspecified atom stereocenters. The maximum Gasteiger partial charge on any atom is 0.254 e. The molecule has 1 aliphatic heterocycles. The number of hydrogen-bond acceptors (Lipinski definition) is 3. The van der Waals surface area contributed by atoms with E-state index in [-0.39, 0.29) is 5.91 Å². The van der Waals surface area contributed by atoms with Crippen molar-refractivity contribution in [3.63, 3.8) is 0 Å². The molecule has 1 aliphatic rings. The smallest absolute Gasteiger partial charge is 0.254 e. The van der Waals surface area contributed by atoms with Gasteiger partial charge in [-0.15, -0.1) is 0 Å². The number of carbonyl (C=O) groups is 1. The Hall–Kier alpha value is -3.18. The average Bonchev–Trinajstić information content (AvgIpc) is 3.35. The molecule has 5 heteroatoms. The van der Waals surface area contributed by atoms with E-state index in [0.717, 1.165) is 48.0 Å². The van der Waals surface area contributed by atoms with Crippen molar-refractivity contribution in [1.82, 2.24) is 9.88 Å². The first-order chi connectivity index (χ1) is 16.2. The van der Waals surface area contributed by atoms with Crippen LogP contribution in [0.1, 0.15) is 28.8 Å². The predicted molar refractivity (Wildman–Crippen MR) is 134 cm³/mol. The van der Waals surface area contributed by atoms with E-state index < -0.39 is 0 Å². The molecule has 5 rings (SSSR count). The summed E-state index contributed by atoms with van der Waals surface area (Å²) in [5.41, 5.74) is 3.69. The minimum absolute atomic E-state index is 0.0483. The molecular formula is C28H25BrN2O2. The Labute approximate surface area is 202 Å². The van der Waals surface area contributed by atoms with E-state index in [2.05, 4.69) is 51.2 Å². The van der Waals surface area contributed by atoms with Gasteiger partial charge < -0.3 is 9.32 Å². The van der Waals surface area contributed by atoms with E-state index in [9.17, 15) is 4.79 Å². The third-order valence-electron chi connectivity index (χ3n) is 6.29. The van der Waals surface area contributed by atoms with Crippen LogP contribution in [-0.4, -0.2) is 28.9 Å². The van der Waals surface area contributed by atoms with Gasteiger partial charge in [-0.05, 0) is 55.0 Å².